The number of aryl methyl sites for hydroxylation is 1. The Morgan fingerprint density at radius 2 is 1.60 bits per heavy atom. The lowest BCUT2D eigenvalue weighted by Gasteiger charge is -2.32. The molecule has 0 spiro atoms. The Kier molecular flexibility index (Phi) is 12.1. The van der Waals surface area contributed by atoms with Crippen molar-refractivity contribution in [3.05, 3.63) is 101 Å². The van der Waals surface area contributed by atoms with Crippen LogP contribution in [0.5, 0.6) is 0 Å². The van der Waals surface area contributed by atoms with E-state index in [-0.39, 0.29) is 29.7 Å². The summed E-state index contributed by atoms with van der Waals surface area (Å²) in [7, 11) is -1.95. The van der Waals surface area contributed by atoms with Crippen molar-refractivity contribution in [3.63, 3.8) is 0 Å². The number of benzene rings is 3. The third-order valence-corrected chi connectivity index (χ3v) is 8.10. The largest absolute Gasteiger partial charge is 0.385 e. The fourth-order valence-corrected chi connectivity index (χ4v) is 5.41. The second-order valence-corrected chi connectivity index (χ2v) is 11.4. The molecule has 3 aromatic rings. The molecule has 2 amide bonds. The Labute approximate surface area is 241 Å². The zero-order chi connectivity index (χ0) is 29.0. The van der Waals surface area contributed by atoms with E-state index in [2.05, 4.69) is 10.0 Å². The standard InChI is InChI=1S/C30H36ClN3O5S/c1-3-33-40(37,38)27-17-12-23(13-18-27)14-19-28(35)34(22-24-10-15-26(31)16-11-24)29(25-8-5-4-6-9-25)30(36)32-20-7-21-39-2/h4-6,8-13,15-18,29,33H,3,7,14,19-22H2,1-2H3,(H,32,36). The van der Waals surface area contributed by atoms with Crippen LogP contribution in [0.25, 0.3) is 0 Å². The minimum Gasteiger partial charge on any atom is -0.385 e. The number of ether oxygens (including phenoxy) is 1. The Bertz CT molecular complexity index is 1330. The van der Waals surface area contributed by atoms with Crippen molar-refractivity contribution in [1.29, 1.82) is 0 Å². The predicted octanol–water partition coefficient (Wildman–Crippen LogP) is 4.49. The number of nitrogens with zero attached hydrogens (tertiary/aromatic N) is 1. The van der Waals surface area contributed by atoms with Crippen LogP contribution in [0.4, 0.5) is 0 Å². The molecule has 0 aliphatic heterocycles. The van der Waals surface area contributed by atoms with Crippen molar-refractivity contribution in [3.8, 4) is 0 Å². The van der Waals surface area contributed by atoms with Gasteiger partial charge in [-0.25, -0.2) is 13.1 Å². The molecule has 2 N–H and O–H groups in total. The highest BCUT2D eigenvalue weighted by Crippen LogP contribution is 2.26. The van der Waals surface area contributed by atoms with Crippen molar-refractivity contribution in [2.24, 2.45) is 0 Å². The monoisotopic (exact) mass is 585 g/mol. The van der Waals surface area contributed by atoms with E-state index in [9.17, 15) is 18.0 Å². The van der Waals surface area contributed by atoms with Crippen LogP contribution < -0.4 is 10.0 Å². The Balaban J connectivity index is 1.86. The van der Waals surface area contributed by atoms with Gasteiger partial charge in [0.25, 0.3) is 0 Å². The summed E-state index contributed by atoms with van der Waals surface area (Å²) in [5, 5.41) is 3.53. The summed E-state index contributed by atoms with van der Waals surface area (Å²) in [5.41, 5.74) is 2.35. The molecule has 0 bridgehead atoms. The first-order chi connectivity index (χ1) is 19.2. The Hall–Kier alpha value is -3.24. The number of methoxy groups -OCH3 is 1. The fraction of sp³-hybridized carbons (Fsp3) is 0.333. The van der Waals surface area contributed by atoms with Gasteiger partial charge in [-0.3, -0.25) is 9.59 Å². The lowest BCUT2D eigenvalue weighted by molar-refractivity contribution is -0.141. The molecule has 1 atom stereocenters. The van der Waals surface area contributed by atoms with Gasteiger partial charge < -0.3 is 15.0 Å². The quantitative estimate of drug-likeness (QED) is 0.256. The third-order valence-electron chi connectivity index (χ3n) is 6.28. The van der Waals surface area contributed by atoms with Gasteiger partial charge in [-0.2, -0.15) is 0 Å². The van der Waals surface area contributed by atoms with E-state index in [0.717, 1.165) is 11.1 Å². The highest BCUT2D eigenvalue weighted by molar-refractivity contribution is 7.89. The fourth-order valence-electron chi connectivity index (χ4n) is 4.25. The molecular weight excluding hydrogens is 550 g/mol. The number of rotatable bonds is 15. The van der Waals surface area contributed by atoms with Gasteiger partial charge >= 0.3 is 0 Å². The van der Waals surface area contributed by atoms with Crippen LogP contribution in [-0.2, 0) is 37.3 Å². The third kappa shape index (κ3) is 9.16. The van der Waals surface area contributed by atoms with E-state index in [1.807, 2.05) is 42.5 Å². The van der Waals surface area contributed by atoms with Crippen molar-refractivity contribution < 1.29 is 22.7 Å². The van der Waals surface area contributed by atoms with E-state index in [4.69, 9.17) is 16.3 Å². The molecule has 3 aromatic carbocycles. The summed E-state index contributed by atoms with van der Waals surface area (Å²) < 4.78 is 32.1. The van der Waals surface area contributed by atoms with E-state index >= 15 is 0 Å². The maximum Gasteiger partial charge on any atom is 0.247 e. The predicted molar refractivity (Wildman–Crippen MR) is 156 cm³/mol. The highest BCUT2D eigenvalue weighted by Gasteiger charge is 2.31. The number of hydrogen-bond donors (Lipinski definition) is 2. The van der Waals surface area contributed by atoms with Gasteiger partial charge in [-0.15, -0.1) is 0 Å². The molecule has 214 valence electrons. The molecule has 0 fully saturated rings. The van der Waals surface area contributed by atoms with Gasteiger partial charge in [0.05, 0.1) is 4.90 Å². The van der Waals surface area contributed by atoms with Crippen molar-refractivity contribution in [1.82, 2.24) is 14.9 Å². The van der Waals surface area contributed by atoms with Crippen LogP contribution in [0.3, 0.4) is 0 Å². The molecule has 0 aromatic heterocycles. The minimum atomic E-state index is -3.56. The molecule has 0 saturated heterocycles. The summed E-state index contributed by atoms with van der Waals surface area (Å²) in [6.45, 7) is 3.15. The molecule has 0 saturated carbocycles. The van der Waals surface area contributed by atoms with Gasteiger partial charge in [0.2, 0.25) is 21.8 Å². The lowest BCUT2D eigenvalue weighted by atomic mass is 10.0. The maximum atomic E-state index is 13.8. The second-order valence-electron chi connectivity index (χ2n) is 9.24. The number of sulfonamides is 1. The van der Waals surface area contributed by atoms with Crippen molar-refractivity contribution >= 4 is 33.4 Å². The van der Waals surface area contributed by atoms with E-state index in [1.54, 1.807) is 43.2 Å². The summed E-state index contributed by atoms with van der Waals surface area (Å²) in [4.78, 5) is 29.1. The molecule has 40 heavy (non-hydrogen) atoms. The van der Waals surface area contributed by atoms with E-state index < -0.39 is 16.1 Å². The van der Waals surface area contributed by atoms with Crippen LogP contribution >= 0.6 is 11.6 Å². The molecule has 3 rings (SSSR count). The van der Waals surface area contributed by atoms with Crippen LogP contribution in [0.1, 0.15) is 42.5 Å². The van der Waals surface area contributed by atoms with Crippen LogP contribution in [0, 0.1) is 0 Å². The average Bonchev–Trinajstić information content (AvgIpc) is 2.95. The van der Waals surface area contributed by atoms with Crippen LogP contribution in [0.2, 0.25) is 5.02 Å². The highest BCUT2D eigenvalue weighted by atomic mass is 35.5. The number of carbonyl (C=O) groups excluding carboxylic acids is 2. The second kappa shape index (κ2) is 15.5. The van der Waals surface area contributed by atoms with Gasteiger partial charge in [0.15, 0.2) is 0 Å². The number of nitrogens with one attached hydrogen (secondary N) is 2. The summed E-state index contributed by atoms with van der Waals surface area (Å²) in [6, 6.07) is 22.0. The SMILES string of the molecule is CCNS(=O)(=O)c1ccc(CCC(=O)N(Cc2ccc(Cl)cc2)C(C(=O)NCCCOC)c2ccccc2)cc1. The molecule has 0 aliphatic rings. The molecule has 10 heteroatoms. The Morgan fingerprint density at radius 3 is 2.23 bits per heavy atom. The number of amides is 2. The molecule has 0 radical (unpaired) electrons. The van der Waals surface area contributed by atoms with Crippen molar-refractivity contribution in [2.45, 2.75) is 43.7 Å². The topological polar surface area (TPSA) is 105 Å². The molecule has 8 nitrogen and oxygen atoms in total. The first-order valence-electron chi connectivity index (χ1n) is 13.2. The first-order valence-corrected chi connectivity index (χ1v) is 15.1. The smallest absolute Gasteiger partial charge is 0.247 e. The summed E-state index contributed by atoms with van der Waals surface area (Å²) in [6.07, 6.45) is 1.16. The first kappa shape index (κ1) is 31.3. The number of carbonyl (C=O) groups is 2. The average molecular weight is 586 g/mol. The van der Waals surface area contributed by atoms with Crippen molar-refractivity contribution in [2.75, 3.05) is 26.8 Å². The molecule has 0 aliphatic carbocycles. The summed E-state index contributed by atoms with van der Waals surface area (Å²) in [5.74, 6) is -0.484. The van der Waals surface area contributed by atoms with Crippen LogP contribution in [-0.4, -0.2) is 51.9 Å². The molecule has 0 heterocycles. The summed E-state index contributed by atoms with van der Waals surface area (Å²) >= 11 is 6.08. The van der Waals surface area contributed by atoms with Gasteiger partial charge in [-0.1, -0.05) is 73.1 Å². The van der Waals surface area contributed by atoms with Crippen LogP contribution in [0.15, 0.2) is 83.8 Å². The minimum absolute atomic E-state index is 0.132. The lowest BCUT2D eigenvalue weighted by Crippen LogP contribution is -2.43. The van der Waals surface area contributed by atoms with Gasteiger partial charge in [0, 0.05) is 44.8 Å². The maximum absolute atomic E-state index is 13.8. The zero-order valence-corrected chi connectivity index (χ0v) is 24.4. The number of halogens is 1. The molecule has 1 unspecified atom stereocenters. The van der Waals surface area contributed by atoms with Gasteiger partial charge in [-0.05, 0) is 53.8 Å². The normalized spacial score (nSPS) is 12.1. The number of hydrogen-bond acceptors (Lipinski definition) is 5. The zero-order valence-electron chi connectivity index (χ0n) is 22.8. The van der Waals surface area contributed by atoms with E-state index in [0.29, 0.717) is 43.1 Å². The Morgan fingerprint density at radius 1 is 0.950 bits per heavy atom. The van der Waals surface area contributed by atoms with Gasteiger partial charge in [0.1, 0.15) is 6.04 Å². The van der Waals surface area contributed by atoms with E-state index in [1.165, 1.54) is 12.1 Å². The molecular formula is C30H36ClN3O5S.